The van der Waals surface area contributed by atoms with Gasteiger partial charge >= 0.3 is 0 Å². The monoisotopic (exact) mass is 356 g/mol. The van der Waals surface area contributed by atoms with E-state index in [1.807, 2.05) is 24.8 Å². The van der Waals surface area contributed by atoms with E-state index in [2.05, 4.69) is 32.0 Å². The number of carbonyl (C=O) groups excluding carboxylic acids is 1. The maximum atomic E-state index is 12.6. The molecule has 0 atom stereocenters. The highest BCUT2D eigenvalue weighted by molar-refractivity contribution is 9.10. The number of anilines is 1. The van der Waals surface area contributed by atoms with E-state index in [1.165, 1.54) is 0 Å². The van der Waals surface area contributed by atoms with E-state index in [0.717, 1.165) is 5.56 Å². The fourth-order valence-corrected chi connectivity index (χ4v) is 2.94. The highest BCUT2D eigenvalue weighted by atomic mass is 79.9. The van der Waals surface area contributed by atoms with Crippen molar-refractivity contribution in [3.63, 3.8) is 0 Å². The van der Waals surface area contributed by atoms with Gasteiger partial charge in [-0.2, -0.15) is 5.26 Å². The number of aromatic nitrogens is 2. The van der Waals surface area contributed by atoms with Gasteiger partial charge in [0.2, 0.25) is 0 Å². The first-order valence-corrected chi connectivity index (χ1v) is 7.57. The molecule has 110 valence electrons. The summed E-state index contributed by atoms with van der Waals surface area (Å²) in [6.07, 6.45) is 1.59. The number of halogens is 1. The molecule has 0 saturated carbocycles. The molecule has 1 aliphatic rings. The van der Waals surface area contributed by atoms with Crippen LogP contribution in [0.1, 0.15) is 35.5 Å². The molecule has 22 heavy (non-hydrogen) atoms. The molecule has 1 aliphatic heterocycles. The van der Waals surface area contributed by atoms with Crippen LogP contribution in [0, 0.1) is 11.3 Å². The molecular weight excluding hydrogens is 344 g/mol. The Kier molecular flexibility index (Phi) is 3.45. The highest BCUT2D eigenvalue weighted by Gasteiger charge is 2.45. The van der Waals surface area contributed by atoms with E-state index in [0.29, 0.717) is 28.2 Å². The minimum Gasteiger partial charge on any atom is -0.339 e. The van der Waals surface area contributed by atoms with Crippen LogP contribution in [0.15, 0.2) is 35.1 Å². The number of Topliss-reactive ketones (excluding diaryl/α,β-unsaturated/α-hetero) is 1. The van der Waals surface area contributed by atoms with Crippen molar-refractivity contribution in [3.8, 4) is 6.07 Å². The van der Waals surface area contributed by atoms with Crippen LogP contribution in [0.25, 0.3) is 0 Å². The van der Waals surface area contributed by atoms with Crippen LogP contribution in [-0.2, 0) is 6.54 Å². The number of pyridine rings is 2. The molecule has 2 aromatic rings. The van der Waals surface area contributed by atoms with Crippen LogP contribution >= 0.6 is 15.9 Å². The zero-order valence-electron chi connectivity index (χ0n) is 12.2. The summed E-state index contributed by atoms with van der Waals surface area (Å²) in [5.74, 6) is 0.669. The minimum absolute atomic E-state index is 0.0323. The van der Waals surface area contributed by atoms with Gasteiger partial charge in [0.05, 0.1) is 11.1 Å². The van der Waals surface area contributed by atoms with Crippen molar-refractivity contribution in [2.24, 2.45) is 0 Å². The Bertz CT molecular complexity index is 810. The van der Waals surface area contributed by atoms with Crippen molar-refractivity contribution in [1.82, 2.24) is 9.97 Å². The average molecular weight is 357 g/mol. The third kappa shape index (κ3) is 2.18. The van der Waals surface area contributed by atoms with Crippen molar-refractivity contribution in [1.29, 1.82) is 5.26 Å². The highest BCUT2D eigenvalue weighted by Crippen LogP contribution is 2.39. The van der Waals surface area contributed by atoms with Crippen molar-refractivity contribution in [2.75, 3.05) is 4.90 Å². The fourth-order valence-electron chi connectivity index (χ4n) is 2.63. The topological polar surface area (TPSA) is 69.9 Å². The number of rotatable bonds is 2. The number of fused-ring (bicyclic) bond motifs is 1. The fraction of sp³-hybridized carbons (Fsp3) is 0.250. The predicted molar refractivity (Wildman–Crippen MR) is 85.5 cm³/mol. The molecule has 0 aliphatic carbocycles. The molecule has 0 spiro atoms. The standard InChI is InChI=1S/C16H13BrN4O/c1-16(2)14(22)11-5-6-13(17)20-15(11)21(16)9-10-4-3-7-19-12(10)8-18/h3-7H,9H2,1-2H3. The second kappa shape index (κ2) is 5.18. The molecule has 3 heterocycles. The zero-order chi connectivity index (χ0) is 15.9. The van der Waals surface area contributed by atoms with E-state index in [4.69, 9.17) is 0 Å². The van der Waals surface area contributed by atoms with Gasteiger partial charge in [-0.05, 0) is 48.0 Å². The third-order valence-corrected chi connectivity index (χ3v) is 4.34. The number of hydrogen-bond acceptors (Lipinski definition) is 5. The van der Waals surface area contributed by atoms with E-state index < -0.39 is 5.54 Å². The van der Waals surface area contributed by atoms with Crippen LogP contribution in [0.2, 0.25) is 0 Å². The summed E-state index contributed by atoms with van der Waals surface area (Å²) in [7, 11) is 0. The molecule has 0 amide bonds. The molecule has 0 radical (unpaired) electrons. The van der Waals surface area contributed by atoms with Crippen LogP contribution in [0.5, 0.6) is 0 Å². The van der Waals surface area contributed by atoms with Gasteiger partial charge < -0.3 is 4.90 Å². The molecule has 0 unspecified atom stereocenters. The molecule has 2 aromatic heterocycles. The van der Waals surface area contributed by atoms with Gasteiger partial charge in [0.25, 0.3) is 0 Å². The summed E-state index contributed by atoms with van der Waals surface area (Å²) in [5, 5.41) is 9.19. The quantitative estimate of drug-likeness (QED) is 0.773. The Morgan fingerprint density at radius 3 is 2.86 bits per heavy atom. The zero-order valence-corrected chi connectivity index (χ0v) is 13.8. The number of hydrogen-bond donors (Lipinski definition) is 0. The summed E-state index contributed by atoms with van der Waals surface area (Å²) >= 11 is 3.35. The SMILES string of the molecule is CC1(C)C(=O)c2ccc(Br)nc2N1Cc1cccnc1C#N. The van der Waals surface area contributed by atoms with E-state index in [9.17, 15) is 10.1 Å². The lowest BCUT2D eigenvalue weighted by Crippen LogP contribution is -2.44. The second-order valence-electron chi connectivity index (χ2n) is 5.60. The molecule has 6 heteroatoms. The summed E-state index contributed by atoms with van der Waals surface area (Å²) in [5.41, 5.74) is 1.05. The molecule has 0 fully saturated rings. The van der Waals surface area contributed by atoms with Gasteiger partial charge in [-0.25, -0.2) is 9.97 Å². The van der Waals surface area contributed by atoms with Crippen LogP contribution in [0.4, 0.5) is 5.82 Å². The van der Waals surface area contributed by atoms with Crippen molar-refractivity contribution in [3.05, 3.63) is 51.9 Å². The first kappa shape index (κ1) is 14.7. The van der Waals surface area contributed by atoms with Gasteiger partial charge in [0.15, 0.2) is 5.78 Å². The average Bonchev–Trinajstić information content (AvgIpc) is 2.68. The number of nitrogens with zero attached hydrogens (tertiary/aromatic N) is 4. The number of carbonyl (C=O) groups is 1. The number of nitriles is 1. The van der Waals surface area contributed by atoms with E-state index in [-0.39, 0.29) is 5.78 Å². The Labute approximate surface area is 136 Å². The Hall–Kier alpha value is -2.26. The van der Waals surface area contributed by atoms with Gasteiger partial charge in [-0.3, -0.25) is 4.79 Å². The lowest BCUT2D eigenvalue weighted by Gasteiger charge is -2.32. The summed E-state index contributed by atoms with van der Waals surface area (Å²) in [6.45, 7) is 4.15. The Morgan fingerprint density at radius 2 is 2.14 bits per heavy atom. The molecular formula is C16H13BrN4O. The molecule has 0 bridgehead atoms. The summed E-state index contributed by atoms with van der Waals surface area (Å²) in [4.78, 5) is 23.1. The second-order valence-corrected chi connectivity index (χ2v) is 6.41. The predicted octanol–water partition coefficient (Wildman–Crippen LogP) is 3.09. The Balaban J connectivity index is 2.09. The van der Waals surface area contributed by atoms with Crippen LogP contribution < -0.4 is 4.90 Å². The molecule has 0 aromatic carbocycles. The van der Waals surface area contributed by atoms with Crippen molar-refractivity contribution in [2.45, 2.75) is 25.9 Å². The first-order chi connectivity index (χ1) is 10.4. The lowest BCUT2D eigenvalue weighted by molar-refractivity contribution is 0.0923. The Morgan fingerprint density at radius 1 is 1.36 bits per heavy atom. The van der Waals surface area contributed by atoms with Gasteiger partial charge in [0.1, 0.15) is 22.2 Å². The molecule has 5 nitrogen and oxygen atoms in total. The van der Waals surface area contributed by atoms with E-state index >= 15 is 0 Å². The first-order valence-electron chi connectivity index (χ1n) is 6.78. The van der Waals surface area contributed by atoms with Crippen LogP contribution in [-0.4, -0.2) is 21.3 Å². The van der Waals surface area contributed by atoms with Gasteiger partial charge in [0, 0.05) is 18.3 Å². The molecule has 0 saturated heterocycles. The number of ketones is 1. The van der Waals surface area contributed by atoms with Crippen LogP contribution in [0.3, 0.4) is 0 Å². The van der Waals surface area contributed by atoms with E-state index in [1.54, 1.807) is 24.4 Å². The molecule has 0 N–H and O–H groups in total. The smallest absolute Gasteiger partial charge is 0.191 e. The summed E-state index contributed by atoms with van der Waals surface area (Å²) in [6, 6.07) is 9.28. The maximum absolute atomic E-state index is 12.6. The lowest BCUT2D eigenvalue weighted by atomic mass is 9.97. The molecule has 3 rings (SSSR count). The minimum atomic E-state index is -0.710. The summed E-state index contributed by atoms with van der Waals surface area (Å²) < 4.78 is 0.674. The third-order valence-electron chi connectivity index (χ3n) is 3.90. The largest absolute Gasteiger partial charge is 0.339 e. The maximum Gasteiger partial charge on any atom is 0.191 e. The van der Waals surface area contributed by atoms with Gasteiger partial charge in [-0.15, -0.1) is 0 Å². The van der Waals surface area contributed by atoms with Crippen molar-refractivity contribution < 1.29 is 4.79 Å². The van der Waals surface area contributed by atoms with Crippen molar-refractivity contribution >= 4 is 27.5 Å². The normalized spacial score (nSPS) is 15.5. The van der Waals surface area contributed by atoms with Gasteiger partial charge in [-0.1, -0.05) is 6.07 Å².